The Morgan fingerprint density at radius 1 is 1.26 bits per heavy atom. The van der Waals surface area contributed by atoms with Crippen molar-refractivity contribution in [3.05, 3.63) is 46.6 Å². The molecule has 0 aromatic heterocycles. The highest BCUT2D eigenvalue weighted by atomic mass is 32.2. The van der Waals surface area contributed by atoms with Crippen molar-refractivity contribution >= 4 is 21.6 Å². The molecule has 0 bridgehead atoms. The highest BCUT2D eigenvalue weighted by molar-refractivity contribution is 7.94. The molecule has 0 amide bonds. The summed E-state index contributed by atoms with van der Waals surface area (Å²) in [5.74, 6) is -3.15. The first kappa shape index (κ1) is 17.0. The maximum atomic E-state index is 12.2. The summed E-state index contributed by atoms with van der Waals surface area (Å²) in [5, 5.41) is 9.69. The number of aliphatic imine (C=N–C) groups is 1. The summed E-state index contributed by atoms with van der Waals surface area (Å²) in [5.41, 5.74) is 6.44. The second-order valence-electron chi connectivity index (χ2n) is 5.59. The predicted octanol–water partition coefficient (Wildman–Crippen LogP) is 0.617. The molecule has 1 aliphatic rings. The normalized spacial score (nSPS) is 21.8. The fraction of sp³-hybridized carbons (Fsp3) is 0.333. The van der Waals surface area contributed by atoms with E-state index >= 15 is 0 Å². The van der Waals surface area contributed by atoms with Gasteiger partial charge < -0.3 is 15.7 Å². The lowest BCUT2D eigenvalue weighted by atomic mass is 9.82. The van der Waals surface area contributed by atoms with E-state index < -0.39 is 27.6 Å². The summed E-state index contributed by atoms with van der Waals surface area (Å²) in [6.07, 6.45) is 1.01. The average molecular weight is 337 g/mol. The van der Waals surface area contributed by atoms with Crippen molar-refractivity contribution in [1.29, 1.82) is 0 Å². The van der Waals surface area contributed by atoms with Crippen LogP contribution in [0, 0.1) is 5.92 Å². The van der Waals surface area contributed by atoms with Crippen molar-refractivity contribution in [3.8, 4) is 0 Å². The minimum atomic E-state index is -3.72. The molecule has 1 heterocycles. The van der Waals surface area contributed by atoms with Gasteiger partial charge in [0.1, 0.15) is 17.6 Å². The van der Waals surface area contributed by atoms with Crippen LogP contribution in [0.15, 0.2) is 46.1 Å². The number of nitrogens with two attached hydrogens (primary N) is 1. The molecule has 0 saturated heterocycles. The van der Waals surface area contributed by atoms with Crippen LogP contribution in [0.1, 0.15) is 11.5 Å². The number of hydrogen-bond acceptors (Lipinski definition) is 6. The van der Waals surface area contributed by atoms with E-state index in [1.165, 1.54) is 0 Å². The van der Waals surface area contributed by atoms with Gasteiger partial charge in [0, 0.05) is 26.3 Å². The highest BCUT2D eigenvalue weighted by Crippen LogP contribution is 2.40. The number of carbonyl (C=O) groups is 1. The van der Waals surface area contributed by atoms with E-state index in [4.69, 9.17) is 5.73 Å². The van der Waals surface area contributed by atoms with E-state index in [2.05, 4.69) is 4.99 Å². The van der Waals surface area contributed by atoms with E-state index in [0.29, 0.717) is 5.56 Å². The molecular formula is C15H19N3O4S. The number of carboxylic acid groups (broad SMARTS) is 1. The van der Waals surface area contributed by atoms with Crippen molar-refractivity contribution in [1.82, 2.24) is 4.90 Å². The molecule has 0 aliphatic carbocycles. The molecule has 1 aromatic rings. The van der Waals surface area contributed by atoms with Gasteiger partial charge in [-0.15, -0.1) is 0 Å². The molecule has 23 heavy (non-hydrogen) atoms. The Hall–Kier alpha value is -2.35. The number of sulfone groups is 1. The van der Waals surface area contributed by atoms with Crippen LogP contribution in [-0.2, 0) is 14.6 Å². The first-order valence-corrected chi connectivity index (χ1v) is 8.77. The molecule has 3 N–H and O–H groups in total. The van der Waals surface area contributed by atoms with Gasteiger partial charge in [-0.2, -0.15) is 0 Å². The minimum absolute atomic E-state index is 0.151. The molecule has 2 atom stereocenters. The Morgan fingerprint density at radius 2 is 1.83 bits per heavy atom. The third-order valence-corrected chi connectivity index (χ3v) is 4.93. The maximum Gasteiger partial charge on any atom is 0.315 e. The summed E-state index contributed by atoms with van der Waals surface area (Å²) >= 11 is 0. The van der Waals surface area contributed by atoms with Gasteiger partial charge in [-0.05, 0) is 5.56 Å². The Morgan fingerprint density at radius 3 is 2.26 bits per heavy atom. The van der Waals surface area contributed by atoms with Crippen LogP contribution in [0.2, 0.25) is 0 Å². The lowest BCUT2D eigenvalue weighted by Crippen LogP contribution is -2.43. The van der Waals surface area contributed by atoms with Gasteiger partial charge in [0.2, 0.25) is 0 Å². The number of benzene rings is 1. The summed E-state index contributed by atoms with van der Waals surface area (Å²) < 4.78 is 24.4. The lowest BCUT2D eigenvalue weighted by Gasteiger charge is -2.33. The van der Waals surface area contributed by atoms with E-state index in [0.717, 1.165) is 6.26 Å². The molecule has 2 rings (SSSR count). The van der Waals surface area contributed by atoms with E-state index in [1.807, 2.05) is 0 Å². The monoisotopic (exact) mass is 337 g/mol. The zero-order valence-corrected chi connectivity index (χ0v) is 13.9. The van der Waals surface area contributed by atoms with Gasteiger partial charge in [-0.3, -0.25) is 4.79 Å². The molecule has 0 radical (unpaired) electrons. The van der Waals surface area contributed by atoms with Crippen molar-refractivity contribution in [2.45, 2.75) is 5.92 Å². The molecule has 0 fully saturated rings. The van der Waals surface area contributed by atoms with Crippen LogP contribution < -0.4 is 5.73 Å². The number of nitrogens with zero attached hydrogens (tertiary/aromatic N) is 2. The Balaban J connectivity index is 2.80. The van der Waals surface area contributed by atoms with Gasteiger partial charge in [0.05, 0.1) is 4.91 Å². The predicted molar refractivity (Wildman–Crippen MR) is 87.5 cm³/mol. The maximum absolute atomic E-state index is 12.2. The number of amidine groups is 1. The minimum Gasteiger partial charge on any atom is -0.481 e. The first-order chi connectivity index (χ1) is 10.6. The largest absolute Gasteiger partial charge is 0.481 e. The van der Waals surface area contributed by atoms with Crippen LogP contribution in [0.5, 0.6) is 0 Å². The molecule has 0 spiro atoms. The fourth-order valence-electron chi connectivity index (χ4n) is 2.76. The molecule has 1 aliphatic heterocycles. The number of hydrogen-bond donors (Lipinski definition) is 2. The molecular weight excluding hydrogens is 318 g/mol. The fourth-order valence-corrected chi connectivity index (χ4v) is 3.92. The average Bonchev–Trinajstić information content (AvgIpc) is 2.45. The number of allylic oxidation sites excluding steroid dienone is 1. The summed E-state index contributed by atoms with van der Waals surface area (Å²) in [6.45, 7) is 0. The quantitative estimate of drug-likeness (QED) is 0.836. The van der Waals surface area contributed by atoms with Gasteiger partial charge in [-0.1, -0.05) is 30.3 Å². The van der Waals surface area contributed by atoms with Crippen molar-refractivity contribution in [3.63, 3.8) is 0 Å². The van der Waals surface area contributed by atoms with Crippen LogP contribution >= 0.6 is 0 Å². The summed E-state index contributed by atoms with van der Waals surface area (Å²) in [6, 6.07) is 8.61. The van der Waals surface area contributed by atoms with Gasteiger partial charge in [-0.25, -0.2) is 13.4 Å². The van der Waals surface area contributed by atoms with Crippen LogP contribution in [0.25, 0.3) is 0 Å². The Bertz CT molecular complexity index is 782. The smallest absolute Gasteiger partial charge is 0.315 e. The number of aliphatic carboxylic acids is 1. The second kappa shape index (κ2) is 6.04. The Kier molecular flexibility index (Phi) is 4.46. The number of carboxylic acids is 1. The third-order valence-electron chi connectivity index (χ3n) is 3.66. The van der Waals surface area contributed by atoms with Crippen LogP contribution in [0.3, 0.4) is 0 Å². The molecule has 8 heteroatoms. The Labute approximate surface area is 135 Å². The summed E-state index contributed by atoms with van der Waals surface area (Å²) in [7, 11) is -0.426. The number of rotatable bonds is 3. The molecule has 0 saturated carbocycles. The van der Waals surface area contributed by atoms with Crippen LogP contribution in [0.4, 0.5) is 0 Å². The van der Waals surface area contributed by atoms with Gasteiger partial charge in [0.25, 0.3) is 0 Å². The van der Waals surface area contributed by atoms with Crippen molar-refractivity contribution < 1.29 is 18.3 Å². The van der Waals surface area contributed by atoms with Crippen molar-refractivity contribution in [2.24, 2.45) is 16.6 Å². The van der Waals surface area contributed by atoms with Gasteiger partial charge in [0.15, 0.2) is 9.84 Å². The van der Waals surface area contributed by atoms with Crippen LogP contribution in [-0.4, -0.2) is 50.6 Å². The molecule has 124 valence electrons. The lowest BCUT2D eigenvalue weighted by molar-refractivity contribution is -0.140. The van der Waals surface area contributed by atoms with E-state index in [-0.39, 0.29) is 16.6 Å². The van der Waals surface area contributed by atoms with Gasteiger partial charge >= 0.3 is 5.97 Å². The topological polar surface area (TPSA) is 113 Å². The SMILES string of the molecule is CN(C)C1=NC(N)=C(S(C)(=O)=O)C(c2ccccc2)C1C(=O)O. The molecule has 2 unspecified atom stereocenters. The zero-order valence-electron chi connectivity index (χ0n) is 13.1. The van der Waals surface area contributed by atoms with E-state index in [1.54, 1.807) is 49.3 Å². The zero-order chi connectivity index (χ0) is 17.4. The molecule has 1 aromatic carbocycles. The molecule has 7 nitrogen and oxygen atoms in total. The standard InChI is InChI=1S/C15H19N3O4S/c1-18(2)14-11(15(19)20)10(9-7-5-4-6-8-9)12(13(16)17-14)23(3,21)22/h4-8,10-11H,16H2,1-3H3,(H,19,20). The van der Waals surface area contributed by atoms with Crippen molar-refractivity contribution in [2.75, 3.05) is 20.4 Å². The first-order valence-electron chi connectivity index (χ1n) is 6.88. The van der Waals surface area contributed by atoms with E-state index in [9.17, 15) is 18.3 Å². The third kappa shape index (κ3) is 3.21. The summed E-state index contributed by atoms with van der Waals surface area (Å²) in [4.78, 5) is 17.3. The second-order valence-corrected chi connectivity index (χ2v) is 7.57. The highest BCUT2D eigenvalue weighted by Gasteiger charge is 2.44.